The van der Waals surface area contributed by atoms with Crippen LogP contribution in [0.4, 0.5) is 0 Å². The predicted molar refractivity (Wildman–Crippen MR) is 86.7 cm³/mol. The summed E-state index contributed by atoms with van der Waals surface area (Å²) in [6, 6.07) is 8.11. The van der Waals surface area contributed by atoms with Crippen LogP contribution in [0.25, 0.3) is 11.3 Å². The van der Waals surface area contributed by atoms with Gasteiger partial charge in [-0.1, -0.05) is 26.3 Å². The first-order valence-electron chi connectivity index (χ1n) is 7.68. The van der Waals surface area contributed by atoms with Gasteiger partial charge in [-0.3, -0.25) is 4.98 Å². The molecule has 2 aromatic heterocycles. The van der Waals surface area contributed by atoms with Crippen LogP contribution < -0.4 is 4.74 Å². The highest BCUT2D eigenvalue weighted by Crippen LogP contribution is 2.36. The number of hydrogen-bond donors (Lipinski definition) is 0. The van der Waals surface area contributed by atoms with Crippen LogP contribution >= 0.6 is 0 Å². The first kappa shape index (κ1) is 15.5. The van der Waals surface area contributed by atoms with Crippen LogP contribution in [-0.2, 0) is 0 Å². The maximum Gasteiger partial charge on any atom is 0.213 e. The molecule has 0 amide bonds. The molecular weight excluding hydrogens is 260 g/mol. The van der Waals surface area contributed by atoms with E-state index in [1.807, 2.05) is 25.3 Å². The van der Waals surface area contributed by atoms with E-state index in [-0.39, 0.29) is 0 Å². The van der Waals surface area contributed by atoms with E-state index in [2.05, 4.69) is 35.9 Å². The van der Waals surface area contributed by atoms with Crippen LogP contribution in [0.2, 0.25) is 0 Å². The van der Waals surface area contributed by atoms with Gasteiger partial charge in [0.1, 0.15) is 0 Å². The molecule has 0 aliphatic heterocycles. The quantitative estimate of drug-likeness (QED) is 0.767. The van der Waals surface area contributed by atoms with Crippen LogP contribution in [0.15, 0.2) is 30.5 Å². The largest absolute Gasteiger partial charge is 0.481 e. The number of pyridine rings is 2. The molecule has 112 valence electrons. The summed E-state index contributed by atoms with van der Waals surface area (Å²) < 4.78 is 5.37. The Hall–Kier alpha value is -1.90. The van der Waals surface area contributed by atoms with E-state index in [1.165, 1.54) is 18.4 Å². The average molecular weight is 284 g/mol. The van der Waals surface area contributed by atoms with Gasteiger partial charge in [0.25, 0.3) is 0 Å². The van der Waals surface area contributed by atoms with Crippen molar-refractivity contribution < 1.29 is 4.74 Å². The van der Waals surface area contributed by atoms with E-state index in [1.54, 1.807) is 7.11 Å². The normalized spacial score (nSPS) is 12.2. The molecule has 0 aliphatic rings. The predicted octanol–water partition coefficient (Wildman–Crippen LogP) is 4.75. The molecule has 21 heavy (non-hydrogen) atoms. The molecule has 3 heteroatoms. The molecule has 0 aliphatic carbocycles. The highest BCUT2D eigenvalue weighted by atomic mass is 16.5. The van der Waals surface area contributed by atoms with Crippen molar-refractivity contribution in [3.05, 3.63) is 41.7 Å². The van der Waals surface area contributed by atoms with Crippen LogP contribution in [0.3, 0.4) is 0 Å². The van der Waals surface area contributed by atoms with Gasteiger partial charge in [-0.05, 0) is 43.4 Å². The molecule has 0 aromatic carbocycles. The Kier molecular flexibility index (Phi) is 5.32. The topological polar surface area (TPSA) is 35.0 Å². The van der Waals surface area contributed by atoms with Crippen LogP contribution in [0.1, 0.15) is 50.3 Å². The van der Waals surface area contributed by atoms with Crippen molar-refractivity contribution in [3.8, 4) is 17.1 Å². The van der Waals surface area contributed by atoms with Gasteiger partial charge >= 0.3 is 0 Å². The number of aryl methyl sites for hydroxylation is 1. The third-order valence-electron chi connectivity index (χ3n) is 3.91. The van der Waals surface area contributed by atoms with E-state index in [9.17, 15) is 0 Å². The highest BCUT2D eigenvalue weighted by molar-refractivity contribution is 5.67. The maximum absolute atomic E-state index is 5.37. The molecule has 0 radical (unpaired) electrons. The Bertz CT molecular complexity index is 581. The molecule has 2 rings (SSSR count). The third-order valence-corrected chi connectivity index (χ3v) is 3.91. The summed E-state index contributed by atoms with van der Waals surface area (Å²) in [5.41, 5.74) is 4.45. The van der Waals surface area contributed by atoms with Crippen molar-refractivity contribution >= 4 is 0 Å². The minimum Gasteiger partial charge on any atom is -0.481 e. The number of nitrogens with zero attached hydrogens (tertiary/aromatic N) is 2. The Labute approximate surface area is 127 Å². The lowest BCUT2D eigenvalue weighted by Crippen LogP contribution is -2.05. The number of methoxy groups -OCH3 is 1. The van der Waals surface area contributed by atoms with Gasteiger partial charge < -0.3 is 4.74 Å². The lowest BCUT2D eigenvalue weighted by molar-refractivity contribution is 0.395. The van der Waals surface area contributed by atoms with Crippen LogP contribution in [0, 0.1) is 6.92 Å². The first-order chi connectivity index (χ1) is 10.2. The molecule has 0 fully saturated rings. The van der Waals surface area contributed by atoms with Crippen molar-refractivity contribution in [3.63, 3.8) is 0 Å². The van der Waals surface area contributed by atoms with E-state index in [0.717, 1.165) is 23.4 Å². The zero-order valence-corrected chi connectivity index (χ0v) is 13.4. The second-order valence-electron chi connectivity index (χ2n) is 5.32. The molecule has 0 bridgehead atoms. The lowest BCUT2D eigenvalue weighted by Gasteiger charge is -2.20. The van der Waals surface area contributed by atoms with Crippen molar-refractivity contribution in [2.45, 2.75) is 46.0 Å². The summed E-state index contributed by atoms with van der Waals surface area (Å²) in [5.74, 6) is 1.21. The van der Waals surface area contributed by atoms with Gasteiger partial charge in [-0.15, -0.1) is 0 Å². The van der Waals surface area contributed by atoms with Gasteiger partial charge in [0.2, 0.25) is 5.88 Å². The summed E-state index contributed by atoms with van der Waals surface area (Å²) in [5, 5.41) is 0. The molecule has 0 saturated heterocycles. The van der Waals surface area contributed by atoms with Crippen molar-refractivity contribution in [1.29, 1.82) is 0 Å². The molecule has 1 atom stereocenters. The van der Waals surface area contributed by atoms with Gasteiger partial charge in [0, 0.05) is 17.8 Å². The SMILES string of the molecule is CCCC(CC)c1cc(OC)nc(C)c1-c1ccccn1. The van der Waals surface area contributed by atoms with E-state index in [0.29, 0.717) is 11.8 Å². The van der Waals surface area contributed by atoms with E-state index >= 15 is 0 Å². The van der Waals surface area contributed by atoms with E-state index in [4.69, 9.17) is 4.74 Å². The lowest BCUT2D eigenvalue weighted by atomic mass is 9.87. The summed E-state index contributed by atoms with van der Waals surface area (Å²) in [7, 11) is 1.67. The molecule has 0 spiro atoms. The van der Waals surface area contributed by atoms with Gasteiger partial charge in [-0.2, -0.15) is 0 Å². The van der Waals surface area contributed by atoms with Crippen LogP contribution in [-0.4, -0.2) is 17.1 Å². The number of rotatable bonds is 6. The molecule has 3 nitrogen and oxygen atoms in total. The fourth-order valence-electron chi connectivity index (χ4n) is 2.87. The van der Waals surface area contributed by atoms with Gasteiger partial charge in [-0.25, -0.2) is 4.98 Å². The summed E-state index contributed by atoms with van der Waals surface area (Å²) >= 11 is 0. The Balaban J connectivity index is 2.61. The minimum atomic E-state index is 0.516. The second-order valence-corrected chi connectivity index (χ2v) is 5.32. The van der Waals surface area contributed by atoms with Crippen molar-refractivity contribution in [2.75, 3.05) is 7.11 Å². The Morgan fingerprint density at radius 1 is 1.24 bits per heavy atom. The van der Waals surface area contributed by atoms with Gasteiger partial charge in [0.15, 0.2) is 0 Å². The summed E-state index contributed by atoms with van der Waals surface area (Å²) in [6.07, 6.45) is 5.29. The molecule has 2 aromatic rings. The van der Waals surface area contributed by atoms with Gasteiger partial charge in [0.05, 0.1) is 18.5 Å². The Morgan fingerprint density at radius 2 is 2.05 bits per heavy atom. The monoisotopic (exact) mass is 284 g/mol. The third kappa shape index (κ3) is 3.41. The fraction of sp³-hybridized carbons (Fsp3) is 0.444. The van der Waals surface area contributed by atoms with Crippen LogP contribution in [0.5, 0.6) is 5.88 Å². The number of ether oxygens (including phenoxy) is 1. The van der Waals surface area contributed by atoms with Crippen molar-refractivity contribution in [2.24, 2.45) is 0 Å². The fourth-order valence-corrected chi connectivity index (χ4v) is 2.87. The minimum absolute atomic E-state index is 0.516. The molecular formula is C18H24N2O. The zero-order valence-electron chi connectivity index (χ0n) is 13.4. The maximum atomic E-state index is 5.37. The summed E-state index contributed by atoms with van der Waals surface area (Å²) in [4.78, 5) is 9.07. The zero-order chi connectivity index (χ0) is 15.2. The average Bonchev–Trinajstić information content (AvgIpc) is 2.52. The number of aromatic nitrogens is 2. The number of hydrogen-bond acceptors (Lipinski definition) is 3. The molecule has 2 heterocycles. The summed E-state index contributed by atoms with van der Waals surface area (Å²) in [6.45, 7) is 6.51. The standard InChI is InChI=1S/C18H24N2O/c1-5-9-14(6-2)15-12-17(21-4)20-13(3)18(15)16-10-7-8-11-19-16/h7-8,10-12,14H,5-6,9H2,1-4H3. The highest BCUT2D eigenvalue weighted by Gasteiger charge is 2.19. The smallest absolute Gasteiger partial charge is 0.213 e. The second kappa shape index (κ2) is 7.21. The Morgan fingerprint density at radius 3 is 2.62 bits per heavy atom. The first-order valence-corrected chi connectivity index (χ1v) is 7.68. The molecule has 0 saturated carbocycles. The molecule has 1 unspecified atom stereocenters. The van der Waals surface area contributed by atoms with Crippen molar-refractivity contribution in [1.82, 2.24) is 9.97 Å². The van der Waals surface area contributed by atoms with E-state index < -0.39 is 0 Å². The molecule has 0 N–H and O–H groups in total.